The molecule has 2 heteroatoms. The fourth-order valence-corrected chi connectivity index (χ4v) is 2.98. The molecule has 0 saturated heterocycles. The molecule has 0 aromatic carbocycles. The van der Waals surface area contributed by atoms with E-state index in [9.17, 15) is 0 Å². The minimum Gasteiger partial charge on any atom is -0.237 e. The number of imidazole rings is 1. The third kappa shape index (κ3) is 6.58. The molecular formula is C18H35N2+. The highest BCUT2D eigenvalue weighted by atomic mass is 15.1. The zero-order valence-electron chi connectivity index (χ0n) is 14.0. The van der Waals surface area contributed by atoms with Crippen LogP contribution in [0, 0.1) is 0 Å². The fourth-order valence-electron chi connectivity index (χ4n) is 2.98. The Balaban J connectivity index is 1.97. The van der Waals surface area contributed by atoms with E-state index in [0.29, 0.717) is 0 Å². The molecule has 0 aliphatic rings. The Bertz CT molecular complexity index is 341. The average Bonchev–Trinajstić information content (AvgIpc) is 2.81. The van der Waals surface area contributed by atoms with Gasteiger partial charge in [0.25, 0.3) is 5.82 Å². The third-order valence-electron chi connectivity index (χ3n) is 4.28. The van der Waals surface area contributed by atoms with Crippen molar-refractivity contribution in [2.75, 3.05) is 0 Å². The monoisotopic (exact) mass is 279 g/mol. The first-order valence-corrected chi connectivity index (χ1v) is 8.83. The van der Waals surface area contributed by atoms with Crippen molar-refractivity contribution in [1.82, 2.24) is 4.57 Å². The van der Waals surface area contributed by atoms with Gasteiger partial charge in [0.15, 0.2) is 0 Å². The van der Waals surface area contributed by atoms with Crippen LogP contribution in [0.15, 0.2) is 12.4 Å². The Morgan fingerprint density at radius 3 is 1.95 bits per heavy atom. The second kappa shape index (κ2) is 10.9. The van der Waals surface area contributed by atoms with Gasteiger partial charge in [-0.05, 0) is 12.8 Å². The van der Waals surface area contributed by atoms with Gasteiger partial charge in [-0.3, -0.25) is 0 Å². The molecule has 1 heterocycles. The zero-order chi connectivity index (χ0) is 14.6. The van der Waals surface area contributed by atoms with E-state index in [2.05, 4.69) is 42.4 Å². The van der Waals surface area contributed by atoms with Crippen LogP contribution >= 0.6 is 0 Å². The van der Waals surface area contributed by atoms with Crippen molar-refractivity contribution >= 4 is 0 Å². The average molecular weight is 279 g/mol. The van der Waals surface area contributed by atoms with Crippen LogP contribution in [0.1, 0.15) is 83.9 Å². The number of hydrogen-bond acceptors (Lipinski definition) is 0. The Hall–Kier alpha value is -0.790. The fraction of sp³-hybridized carbons (Fsp3) is 0.833. The lowest BCUT2D eigenvalue weighted by Gasteiger charge is -2.03. The summed E-state index contributed by atoms with van der Waals surface area (Å²) in [5, 5.41) is 0. The first-order chi connectivity index (χ1) is 9.79. The normalized spacial score (nSPS) is 11.2. The number of rotatable bonds is 12. The van der Waals surface area contributed by atoms with Crippen molar-refractivity contribution in [2.24, 2.45) is 7.05 Å². The van der Waals surface area contributed by atoms with Gasteiger partial charge in [0.1, 0.15) is 12.4 Å². The number of hydrogen-bond donors (Lipinski definition) is 0. The van der Waals surface area contributed by atoms with Gasteiger partial charge in [0, 0.05) is 6.42 Å². The van der Waals surface area contributed by atoms with E-state index in [1.165, 1.54) is 76.6 Å². The summed E-state index contributed by atoms with van der Waals surface area (Å²) in [6.45, 7) is 5.72. The highest BCUT2D eigenvalue weighted by molar-refractivity contribution is 4.82. The lowest BCUT2D eigenvalue weighted by Crippen LogP contribution is -2.31. The van der Waals surface area contributed by atoms with Crippen LogP contribution in [0.2, 0.25) is 0 Å². The lowest BCUT2D eigenvalue weighted by atomic mass is 10.1. The molecule has 1 rings (SSSR count). The van der Waals surface area contributed by atoms with E-state index in [4.69, 9.17) is 0 Å². The van der Waals surface area contributed by atoms with Gasteiger partial charge in [0.05, 0.1) is 13.6 Å². The highest BCUT2D eigenvalue weighted by Gasteiger charge is 2.10. The number of aryl methyl sites for hydroxylation is 2. The van der Waals surface area contributed by atoms with Gasteiger partial charge in [-0.15, -0.1) is 0 Å². The van der Waals surface area contributed by atoms with E-state index in [1.54, 1.807) is 0 Å². The maximum atomic E-state index is 2.42. The molecule has 0 atom stereocenters. The van der Waals surface area contributed by atoms with Crippen molar-refractivity contribution < 1.29 is 4.57 Å². The summed E-state index contributed by atoms with van der Waals surface area (Å²) in [4.78, 5) is 0. The molecule has 0 aliphatic heterocycles. The summed E-state index contributed by atoms with van der Waals surface area (Å²) < 4.78 is 4.67. The summed E-state index contributed by atoms with van der Waals surface area (Å²) in [6, 6.07) is 0. The molecule has 0 amide bonds. The quantitative estimate of drug-likeness (QED) is 0.384. The van der Waals surface area contributed by atoms with E-state index < -0.39 is 0 Å². The summed E-state index contributed by atoms with van der Waals surface area (Å²) in [7, 11) is 2.15. The SMILES string of the molecule is CCCCCCCCCCCCn1cc[n+](C)c1CC. The van der Waals surface area contributed by atoms with Crippen molar-refractivity contribution in [1.29, 1.82) is 0 Å². The van der Waals surface area contributed by atoms with Crippen molar-refractivity contribution in [2.45, 2.75) is 91.0 Å². The minimum absolute atomic E-state index is 1.13. The highest BCUT2D eigenvalue weighted by Crippen LogP contribution is 2.11. The predicted molar refractivity (Wildman–Crippen MR) is 86.8 cm³/mol. The molecule has 0 fully saturated rings. The topological polar surface area (TPSA) is 8.81 Å². The maximum Gasteiger partial charge on any atom is 0.255 e. The lowest BCUT2D eigenvalue weighted by molar-refractivity contribution is -0.678. The largest absolute Gasteiger partial charge is 0.255 e. The number of nitrogens with zero attached hydrogens (tertiary/aromatic N) is 2. The molecule has 1 aromatic heterocycles. The summed E-state index contributed by atoms with van der Waals surface area (Å²) >= 11 is 0. The Morgan fingerprint density at radius 2 is 1.40 bits per heavy atom. The van der Waals surface area contributed by atoms with Gasteiger partial charge < -0.3 is 0 Å². The van der Waals surface area contributed by atoms with E-state index in [-0.39, 0.29) is 0 Å². The van der Waals surface area contributed by atoms with E-state index in [0.717, 1.165) is 6.42 Å². The molecule has 0 bridgehead atoms. The molecule has 0 saturated carbocycles. The smallest absolute Gasteiger partial charge is 0.237 e. The second-order valence-corrected chi connectivity index (χ2v) is 6.05. The second-order valence-electron chi connectivity index (χ2n) is 6.05. The number of aromatic nitrogens is 2. The first-order valence-electron chi connectivity index (χ1n) is 8.83. The Kier molecular flexibility index (Phi) is 9.44. The summed E-state index contributed by atoms with van der Waals surface area (Å²) in [6.07, 6.45) is 19.7. The van der Waals surface area contributed by atoms with Crippen LogP contribution in [0.5, 0.6) is 0 Å². The van der Waals surface area contributed by atoms with Gasteiger partial charge in [-0.1, -0.05) is 65.2 Å². The van der Waals surface area contributed by atoms with Crippen LogP contribution in [0.3, 0.4) is 0 Å². The molecule has 0 aliphatic carbocycles. The minimum atomic E-state index is 1.13. The summed E-state index contributed by atoms with van der Waals surface area (Å²) in [5.74, 6) is 1.45. The molecule has 116 valence electrons. The molecule has 1 aromatic rings. The maximum absolute atomic E-state index is 2.42. The van der Waals surface area contributed by atoms with Crippen molar-refractivity contribution in [3.63, 3.8) is 0 Å². The van der Waals surface area contributed by atoms with Crippen LogP contribution in [0.25, 0.3) is 0 Å². The Morgan fingerprint density at radius 1 is 0.850 bits per heavy atom. The van der Waals surface area contributed by atoms with Crippen LogP contribution in [0.4, 0.5) is 0 Å². The first kappa shape index (κ1) is 17.3. The van der Waals surface area contributed by atoms with Crippen LogP contribution in [-0.4, -0.2) is 4.57 Å². The molecular weight excluding hydrogens is 244 g/mol. The van der Waals surface area contributed by atoms with Gasteiger partial charge in [-0.2, -0.15) is 0 Å². The van der Waals surface area contributed by atoms with Crippen LogP contribution < -0.4 is 4.57 Å². The van der Waals surface area contributed by atoms with E-state index >= 15 is 0 Å². The van der Waals surface area contributed by atoms with Crippen LogP contribution in [-0.2, 0) is 20.0 Å². The zero-order valence-corrected chi connectivity index (χ0v) is 14.0. The molecule has 0 N–H and O–H groups in total. The van der Waals surface area contributed by atoms with Gasteiger partial charge in [0.2, 0.25) is 0 Å². The molecule has 0 radical (unpaired) electrons. The van der Waals surface area contributed by atoms with Gasteiger partial charge >= 0.3 is 0 Å². The standard InChI is InChI=1S/C18H35N2/c1-4-6-7-8-9-10-11-12-13-14-15-20-17-16-19(3)18(20)5-2/h16-17H,4-15H2,1-3H3/q+1. The van der Waals surface area contributed by atoms with E-state index in [1.807, 2.05) is 0 Å². The molecule has 2 nitrogen and oxygen atoms in total. The van der Waals surface area contributed by atoms with Crippen molar-refractivity contribution in [3.8, 4) is 0 Å². The number of unbranched alkanes of at least 4 members (excludes halogenated alkanes) is 9. The summed E-state index contributed by atoms with van der Waals surface area (Å²) in [5.41, 5.74) is 0. The molecule has 0 unspecified atom stereocenters. The third-order valence-corrected chi connectivity index (χ3v) is 4.28. The Labute approximate surface area is 126 Å². The predicted octanol–water partition coefficient (Wildman–Crippen LogP) is 4.80. The van der Waals surface area contributed by atoms with Crippen molar-refractivity contribution in [3.05, 3.63) is 18.2 Å². The molecule has 0 spiro atoms. The van der Waals surface area contributed by atoms with Gasteiger partial charge in [-0.25, -0.2) is 9.13 Å². The molecule has 20 heavy (non-hydrogen) atoms.